The molecule has 1 unspecified atom stereocenters. The molecule has 118 valence electrons. The Morgan fingerprint density at radius 3 is 2.95 bits per heavy atom. The standard InChI is InChI=1S/C15H20N4O3/c1-10(7-13(21)16-2)18(3)9-11-8-14(22)19-6-4-5-12(20)15(19)17-11/h4-6,8,10,20H,7,9H2,1-3H3,(H,16,21). The van der Waals surface area contributed by atoms with Crippen LogP contribution in [0.4, 0.5) is 0 Å². The summed E-state index contributed by atoms with van der Waals surface area (Å²) >= 11 is 0. The molecule has 1 atom stereocenters. The summed E-state index contributed by atoms with van der Waals surface area (Å²) in [5.74, 6) is -0.0777. The SMILES string of the molecule is CNC(=O)CC(C)N(C)Cc1cc(=O)n2cccc(O)c2n1. The maximum Gasteiger partial charge on any atom is 0.258 e. The molecule has 0 radical (unpaired) electrons. The highest BCUT2D eigenvalue weighted by atomic mass is 16.3. The fraction of sp³-hybridized carbons (Fsp3) is 0.400. The van der Waals surface area contributed by atoms with E-state index < -0.39 is 0 Å². The van der Waals surface area contributed by atoms with E-state index in [4.69, 9.17) is 0 Å². The first-order chi connectivity index (χ1) is 10.4. The number of nitrogens with one attached hydrogen (secondary N) is 1. The van der Waals surface area contributed by atoms with Gasteiger partial charge in [-0.05, 0) is 26.1 Å². The molecule has 0 saturated heterocycles. The molecule has 2 heterocycles. The van der Waals surface area contributed by atoms with E-state index in [0.29, 0.717) is 18.7 Å². The first-order valence-corrected chi connectivity index (χ1v) is 7.03. The largest absolute Gasteiger partial charge is 0.504 e. The molecular weight excluding hydrogens is 284 g/mol. The van der Waals surface area contributed by atoms with E-state index in [2.05, 4.69) is 10.3 Å². The van der Waals surface area contributed by atoms with Gasteiger partial charge in [-0.2, -0.15) is 0 Å². The third kappa shape index (κ3) is 3.43. The minimum atomic E-state index is -0.247. The summed E-state index contributed by atoms with van der Waals surface area (Å²) in [4.78, 5) is 29.7. The van der Waals surface area contributed by atoms with Crippen molar-refractivity contribution >= 4 is 11.6 Å². The minimum absolute atomic E-state index is 0.00423. The van der Waals surface area contributed by atoms with Crippen LogP contribution in [0.3, 0.4) is 0 Å². The van der Waals surface area contributed by atoms with Gasteiger partial charge in [0, 0.05) is 38.3 Å². The molecule has 2 N–H and O–H groups in total. The molecule has 22 heavy (non-hydrogen) atoms. The summed E-state index contributed by atoms with van der Waals surface area (Å²) in [5, 5.41) is 12.4. The quantitative estimate of drug-likeness (QED) is 0.832. The number of amides is 1. The normalized spacial score (nSPS) is 12.5. The summed E-state index contributed by atoms with van der Waals surface area (Å²) in [5.41, 5.74) is 0.540. The second-order valence-electron chi connectivity index (χ2n) is 5.31. The van der Waals surface area contributed by atoms with Crippen LogP contribution in [0.1, 0.15) is 19.0 Å². The average molecular weight is 304 g/mol. The van der Waals surface area contributed by atoms with E-state index in [1.54, 1.807) is 19.3 Å². The van der Waals surface area contributed by atoms with Crippen LogP contribution in [-0.4, -0.2) is 45.4 Å². The number of carbonyl (C=O) groups excluding carboxylic acids is 1. The molecule has 7 heteroatoms. The van der Waals surface area contributed by atoms with Crippen LogP contribution >= 0.6 is 0 Å². The molecule has 0 aliphatic carbocycles. The van der Waals surface area contributed by atoms with Crippen LogP contribution in [0.2, 0.25) is 0 Å². The van der Waals surface area contributed by atoms with Gasteiger partial charge in [-0.25, -0.2) is 4.98 Å². The predicted molar refractivity (Wildman–Crippen MR) is 82.7 cm³/mol. The Balaban J connectivity index is 2.23. The van der Waals surface area contributed by atoms with Crippen LogP contribution in [0.25, 0.3) is 5.65 Å². The Morgan fingerprint density at radius 2 is 2.27 bits per heavy atom. The molecule has 7 nitrogen and oxygen atoms in total. The number of aromatic nitrogens is 2. The summed E-state index contributed by atoms with van der Waals surface area (Å²) in [7, 11) is 3.46. The Morgan fingerprint density at radius 1 is 1.55 bits per heavy atom. The highest BCUT2D eigenvalue weighted by Gasteiger charge is 2.15. The number of hydrogen-bond acceptors (Lipinski definition) is 5. The molecule has 0 spiro atoms. The van der Waals surface area contributed by atoms with E-state index in [1.165, 1.54) is 16.5 Å². The summed E-state index contributed by atoms with van der Waals surface area (Å²) < 4.78 is 1.30. The zero-order chi connectivity index (χ0) is 16.3. The zero-order valence-corrected chi connectivity index (χ0v) is 12.9. The number of fused-ring (bicyclic) bond motifs is 1. The fourth-order valence-electron chi connectivity index (χ4n) is 2.18. The van der Waals surface area contributed by atoms with Crippen molar-refractivity contribution in [1.82, 2.24) is 19.6 Å². The molecule has 0 aliphatic heterocycles. The lowest BCUT2D eigenvalue weighted by atomic mass is 10.2. The van der Waals surface area contributed by atoms with E-state index in [9.17, 15) is 14.7 Å². The highest BCUT2D eigenvalue weighted by molar-refractivity contribution is 5.76. The van der Waals surface area contributed by atoms with Crippen molar-refractivity contribution in [1.29, 1.82) is 0 Å². The van der Waals surface area contributed by atoms with Crippen LogP contribution in [0.5, 0.6) is 5.75 Å². The number of hydrogen-bond donors (Lipinski definition) is 2. The van der Waals surface area contributed by atoms with Crippen LogP contribution < -0.4 is 10.9 Å². The lowest BCUT2D eigenvalue weighted by Crippen LogP contribution is -2.34. The first-order valence-electron chi connectivity index (χ1n) is 7.03. The molecule has 1 amide bonds. The van der Waals surface area contributed by atoms with Crippen molar-refractivity contribution in [3.8, 4) is 5.75 Å². The smallest absolute Gasteiger partial charge is 0.258 e. The van der Waals surface area contributed by atoms with Gasteiger partial charge in [0.05, 0.1) is 5.69 Å². The lowest BCUT2D eigenvalue weighted by Gasteiger charge is -2.23. The van der Waals surface area contributed by atoms with E-state index in [0.717, 1.165) is 0 Å². The second-order valence-corrected chi connectivity index (χ2v) is 5.31. The van der Waals surface area contributed by atoms with Gasteiger partial charge in [0.15, 0.2) is 11.4 Å². The number of pyridine rings is 1. The maximum absolute atomic E-state index is 12.1. The monoisotopic (exact) mass is 304 g/mol. The molecule has 0 fully saturated rings. The topological polar surface area (TPSA) is 86.9 Å². The molecule has 2 aromatic heterocycles. The van der Waals surface area contributed by atoms with Crippen LogP contribution in [0.15, 0.2) is 29.2 Å². The number of rotatable bonds is 5. The van der Waals surface area contributed by atoms with Gasteiger partial charge in [-0.1, -0.05) is 0 Å². The summed E-state index contributed by atoms with van der Waals surface area (Å²) in [6.07, 6.45) is 1.93. The molecular formula is C15H20N4O3. The van der Waals surface area contributed by atoms with Crippen molar-refractivity contribution < 1.29 is 9.90 Å². The van der Waals surface area contributed by atoms with Crippen molar-refractivity contribution in [3.05, 3.63) is 40.4 Å². The third-order valence-corrected chi connectivity index (χ3v) is 3.65. The molecule has 0 saturated carbocycles. The van der Waals surface area contributed by atoms with Gasteiger partial charge in [-0.3, -0.25) is 18.9 Å². The Hall–Kier alpha value is -2.41. The number of carbonyl (C=O) groups is 1. The van der Waals surface area contributed by atoms with Gasteiger partial charge < -0.3 is 10.4 Å². The van der Waals surface area contributed by atoms with Gasteiger partial charge in [-0.15, -0.1) is 0 Å². The molecule has 0 aliphatic rings. The van der Waals surface area contributed by atoms with Crippen LogP contribution in [0, 0.1) is 0 Å². The summed E-state index contributed by atoms with van der Waals surface area (Å²) in [6.45, 7) is 2.35. The fourth-order valence-corrected chi connectivity index (χ4v) is 2.18. The molecule has 2 rings (SSSR count). The van der Waals surface area contributed by atoms with Gasteiger partial charge in [0.1, 0.15) is 0 Å². The van der Waals surface area contributed by atoms with Crippen molar-refractivity contribution in [3.63, 3.8) is 0 Å². The first kappa shape index (κ1) is 16.0. The Kier molecular flexibility index (Phi) is 4.77. The summed E-state index contributed by atoms with van der Waals surface area (Å²) in [6, 6.07) is 4.52. The lowest BCUT2D eigenvalue weighted by molar-refractivity contribution is -0.121. The molecule has 2 aromatic rings. The molecule has 0 aromatic carbocycles. The van der Waals surface area contributed by atoms with E-state index in [1.807, 2.05) is 18.9 Å². The van der Waals surface area contributed by atoms with Gasteiger partial charge in [0.25, 0.3) is 5.56 Å². The zero-order valence-electron chi connectivity index (χ0n) is 12.9. The number of aromatic hydroxyl groups is 1. The van der Waals surface area contributed by atoms with Crippen molar-refractivity contribution in [2.75, 3.05) is 14.1 Å². The predicted octanol–water partition coefficient (Wildman–Crippen LogP) is 0.356. The van der Waals surface area contributed by atoms with Gasteiger partial charge >= 0.3 is 0 Å². The van der Waals surface area contributed by atoms with Gasteiger partial charge in [0.2, 0.25) is 5.91 Å². The third-order valence-electron chi connectivity index (χ3n) is 3.65. The minimum Gasteiger partial charge on any atom is -0.504 e. The Labute approximate surface area is 128 Å². The Bertz CT molecular complexity index is 741. The van der Waals surface area contributed by atoms with E-state index in [-0.39, 0.29) is 28.9 Å². The number of nitrogens with zero attached hydrogens (tertiary/aromatic N) is 3. The highest BCUT2D eigenvalue weighted by Crippen LogP contribution is 2.14. The van der Waals surface area contributed by atoms with Crippen molar-refractivity contribution in [2.45, 2.75) is 25.9 Å². The van der Waals surface area contributed by atoms with E-state index >= 15 is 0 Å². The average Bonchev–Trinajstić information content (AvgIpc) is 2.48. The second kappa shape index (κ2) is 6.57. The van der Waals surface area contributed by atoms with Crippen molar-refractivity contribution in [2.24, 2.45) is 0 Å². The van der Waals surface area contributed by atoms with Crippen LogP contribution in [-0.2, 0) is 11.3 Å². The maximum atomic E-state index is 12.1. The molecule has 0 bridgehead atoms.